The number of allylic oxidation sites excluding steroid dienone is 1. The van der Waals surface area contributed by atoms with Crippen LogP contribution in [0, 0.1) is 6.92 Å². The molecule has 0 aromatic carbocycles. The Labute approximate surface area is 94.2 Å². The van der Waals surface area contributed by atoms with Crippen LogP contribution in [0.2, 0.25) is 0 Å². The van der Waals surface area contributed by atoms with Crippen LogP contribution in [0.15, 0.2) is 25.0 Å². The monoisotopic (exact) mass is 217 g/mol. The number of anilines is 1. The van der Waals surface area contributed by atoms with E-state index in [1.54, 1.807) is 17.0 Å². The van der Waals surface area contributed by atoms with E-state index in [2.05, 4.69) is 16.7 Å². The number of hydrogen-bond acceptors (Lipinski definition) is 3. The van der Waals surface area contributed by atoms with E-state index in [1.165, 1.54) is 0 Å². The van der Waals surface area contributed by atoms with Crippen LogP contribution in [0.1, 0.15) is 5.82 Å². The smallest absolute Gasteiger partial charge is 0.132 e. The lowest BCUT2D eigenvalue weighted by atomic mass is 10.2. The van der Waals surface area contributed by atoms with Gasteiger partial charge in [-0.05, 0) is 6.92 Å². The van der Waals surface area contributed by atoms with Crippen LogP contribution in [-0.4, -0.2) is 19.3 Å². The summed E-state index contributed by atoms with van der Waals surface area (Å²) in [6.07, 6.45) is 5.46. The van der Waals surface area contributed by atoms with Gasteiger partial charge in [-0.3, -0.25) is 4.68 Å². The zero-order valence-corrected chi connectivity index (χ0v) is 9.51. The third-order valence-electron chi connectivity index (χ3n) is 2.49. The van der Waals surface area contributed by atoms with E-state index in [0.717, 1.165) is 17.1 Å². The van der Waals surface area contributed by atoms with Crippen LogP contribution in [0.3, 0.4) is 0 Å². The van der Waals surface area contributed by atoms with Gasteiger partial charge in [0.2, 0.25) is 0 Å². The molecule has 2 heterocycles. The summed E-state index contributed by atoms with van der Waals surface area (Å²) in [6, 6.07) is 0. The Kier molecular flexibility index (Phi) is 2.52. The number of nitrogens with zero attached hydrogens (tertiary/aromatic N) is 4. The van der Waals surface area contributed by atoms with E-state index in [1.807, 2.05) is 24.7 Å². The van der Waals surface area contributed by atoms with Crippen LogP contribution in [0.4, 0.5) is 5.82 Å². The maximum Gasteiger partial charge on any atom is 0.132 e. The standard InChI is InChI=1S/C11H15N5/c1-4-5-16-8(2)14-10(11(16)12)9-6-13-15(3)7-9/h4,6-7H,1,5,12H2,2-3H3. The number of nitrogen functional groups attached to an aromatic ring is 1. The first kappa shape index (κ1) is 10.5. The predicted octanol–water partition coefficient (Wildman–Crippen LogP) is 1.36. The molecule has 0 saturated carbocycles. The molecule has 0 amide bonds. The normalized spacial score (nSPS) is 10.6. The number of aryl methyl sites for hydroxylation is 2. The topological polar surface area (TPSA) is 61.7 Å². The Hall–Kier alpha value is -2.04. The van der Waals surface area contributed by atoms with Gasteiger partial charge in [0.05, 0.1) is 6.20 Å². The Bertz CT molecular complexity index is 520. The lowest BCUT2D eigenvalue weighted by molar-refractivity contribution is 0.768. The van der Waals surface area contributed by atoms with Gasteiger partial charge in [-0.15, -0.1) is 6.58 Å². The van der Waals surface area contributed by atoms with Crippen molar-refractivity contribution in [2.24, 2.45) is 7.05 Å². The van der Waals surface area contributed by atoms with Crippen LogP contribution >= 0.6 is 0 Å². The first-order chi connectivity index (χ1) is 7.63. The molecule has 2 aromatic heterocycles. The molecule has 0 atom stereocenters. The van der Waals surface area contributed by atoms with Crippen LogP contribution in [0.5, 0.6) is 0 Å². The number of rotatable bonds is 3. The van der Waals surface area contributed by atoms with Crippen LogP contribution < -0.4 is 5.73 Å². The Morgan fingerprint density at radius 3 is 2.88 bits per heavy atom. The quantitative estimate of drug-likeness (QED) is 0.790. The summed E-state index contributed by atoms with van der Waals surface area (Å²) in [6.45, 7) is 6.31. The molecule has 5 heteroatoms. The van der Waals surface area contributed by atoms with Crippen molar-refractivity contribution in [2.75, 3.05) is 5.73 Å². The molecular formula is C11H15N5. The summed E-state index contributed by atoms with van der Waals surface area (Å²) in [5.74, 6) is 1.54. The molecule has 0 spiro atoms. The van der Waals surface area contributed by atoms with Crippen molar-refractivity contribution in [1.29, 1.82) is 0 Å². The third kappa shape index (κ3) is 1.60. The van der Waals surface area contributed by atoms with Crippen molar-refractivity contribution in [3.63, 3.8) is 0 Å². The zero-order valence-electron chi connectivity index (χ0n) is 9.51. The van der Waals surface area contributed by atoms with Crippen LogP contribution in [0.25, 0.3) is 11.3 Å². The number of imidazole rings is 1. The molecule has 5 nitrogen and oxygen atoms in total. The lowest BCUT2D eigenvalue weighted by Gasteiger charge is -2.02. The Balaban J connectivity index is 2.50. The predicted molar refractivity (Wildman–Crippen MR) is 63.8 cm³/mol. The van der Waals surface area contributed by atoms with Crippen molar-refractivity contribution in [3.05, 3.63) is 30.9 Å². The summed E-state index contributed by atoms with van der Waals surface area (Å²) >= 11 is 0. The van der Waals surface area contributed by atoms with Crippen molar-refractivity contribution in [1.82, 2.24) is 19.3 Å². The first-order valence-electron chi connectivity index (χ1n) is 5.06. The number of aromatic nitrogens is 4. The highest BCUT2D eigenvalue weighted by atomic mass is 15.2. The number of nitrogens with two attached hydrogens (primary N) is 1. The molecule has 2 rings (SSSR count). The maximum absolute atomic E-state index is 6.05. The Morgan fingerprint density at radius 2 is 2.31 bits per heavy atom. The fourth-order valence-corrected chi connectivity index (χ4v) is 1.70. The van der Waals surface area contributed by atoms with E-state index in [9.17, 15) is 0 Å². The van der Waals surface area contributed by atoms with Gasteiger partial charge in [0.15, 0.2) is 0 Å². The van der Waals surface area contributed by atoms with Gasteiger partial charge in [-0.25, -0.2) is 4.98 Å². The maximum atomic E-state index is 6.05. The molecule has 0 radical (unpaired) electrons. The van der Waals surface area contributed by atoms with Gasteiger partial charge in [0.1, 0.15) is 17.3 Å². The SMILES string of the molecule is C=CCn1c(C)nc(-c2cnn(C)c2)c1N. The minimum Gasteiger partial charge on any atom is -0.383 e. The van der Waals surface area contributed by atoms with Crippen LogP contribution in [-0.2, 0) is 13.6 Å². The molecule has 0 aliphatic carbocycles. The molecule has 2 N–H and O–H groups in total. The van der Waals surface area contributed by atoms with E-state index in [0.29, 0.717) is 12.4 Å². The van der Waals surface area contributed by atoms with Gasteiger partial charge in [-0.2, -0.15) is 5.10 Å². The average Bonchev–Trinajstić information content (AvgIpc) is 2.77. The minimum absolute atomic E-state index is 0.658. The second-order valence-electron chi connectivity index (χ2n) is 3.69. The average molecular weight is 217 g/mol. The molecule has 84 valence electrons. The van der Waals surface area contributed by atoms with Crippen molar-refractivity contribution in [3.8, 4) is 11.3 Å². The van der Waals surface area contributed by atoms with E-state index < -0.39 is 0 Å². The summed E-state index contributed by atoms with van der Waals surface area (Å²) in [5, 5.41) is 4.11. The summed E-state index contributed by atoms with van der Waals surface area (Å²) in [5.41, 5.74) is 7.77. The molecule has 0 aliphatic heterocycles. The van der Waals surface area contributed by atoms with Gasteiger partial charge >= 0.3 is 0 Å². The molecule has 0 unspecified atom stereocenters. The minimum atomic E-state index is 0.658. The molecule has 0 fully saturated rings. The third-order valence-corrected chi connectivity index (χ3v) is 2.49. The summed E-state index contributed by atoms with van der Waals surface area (Å²) in [4.78, 5) is 4.45. The highest BCUT2D eigenvalue weighted by molar-refractivity contribution is 5.69. The molecule has 0 bridgehead atoms. The van der Waals surface area contributed by atoms with E-state index in [4.69, 9.17) is 5.73 Å². The zero-order chi connectivity index (χ0) is 11.7. The molecular weight excluding hydrogens is 202 g/mol. The lowest BCUT2D eigenvalue weighted by Crippen LogP contribution is -2.03. The highest BCUT2D eigenvalue weighted by Crippen LogP contribution is 2.25. The number of hydrogen-bond donors (Lipinski definition) is 1. The van der Waals surface area contributed by atoms with Crippen molar-refractivity contribution >= 4 is 5.82 Å². The summed E-state index contributed by atoms with van der Waals surface area (Å²) in [7, 11) is 1.87. The van der Waals surface area contributed by atoms with Crippen molar-refractivity contribution in [2.45, 2.75) is 13.5 Å². The first-order valence-corrected chi connectivity index (χ1v) is 5.06. The molecule has 2 aromatic rings. The fraction of sp³-hybridized carbons (Fsp3) is 0.273. The molecule has 16 heavy (non-hydrogen) atoms. The highest BCUT2D eigenvalue weighted by Gasteiger charge is 2.13. The second-order valence-corrected chi connectivity index (χ2v) is 3.69. The molecule has 0 saturated heterocycles. The summed E-state index contributed by atoms with van der Waals surface area (Å²) < 4.78 is 3.66. The second kappa shape index (κ2) is 3.84. The Morgan fingerprint density at radius 1 is 1.56 bits per heavy atom. The van der Waals surface area contributed by atoms with Crippen molar-refractivity contribution < 1.29 is 0 Å². The van der Waals surface area contributed by atoms with E-state index in [-0.39, 0.29) is 0 Å². The van der Waals surface area contributed by atoms with E-state index >= 15 is 0 Å². The van der Waals surface area contributed by atoms with Gasteiger partial charge in [0, 0.05) is 25.4 Å². The largest absolute Gasteiger partial charge is 0.383 e. The van der Waals surface area contributed by atoms with Gasteiger partial charge in [-0.1, -0.05) is 6.08 Å². The molecule has 0 aliphatic rings. The van der Waals surface area contributed by atoms with Gasteiger partial charge in [0.25, 0.3) is 0 Å². The fourth-order valence-electron chi connectivity index (χ4n) is 1.70. The van der Waals surface area contributed by atoms with Gasteiger partial charge < -0.3 is 10.3 Å².